The second-order valence-electron chi connectivity index (χ2n) is 16.7. The molecule has 2 atom stereocenters. The molecular formula is C44H44ClF2N11O5. The number of piperazine rings is 1. The summed E-state index contributed by atoms with van der Waals surface area (Å²) in [5.74, 6) is -2.54. The summed E-state index contributed by atoms with van der Waals surface area (Å²) in [5.41, 5.74) is 3.31. The predicted octanol–water partition coefficient (Wildman–Crippen LogP) is 4.34. The zero-order valence-electron chi connectivity index (χ0n) is 34.1. The van der Waals surface area contributed by atoms with Crippen molar-refractivity contribution in [1.29, 1.82) is 5.26 Å². The number of halogens is 3. The summed E-state index contributed by atoms with van der Waals surface area (Å²) in [5, 5.41) is 28.8. The first kappa shape index (κ1) is 42.0. The fourth-order valence-electron chi connectivity index (χ4n) is 9.44. The average molecular weight is 880 g/mol. The number of nitrogens with one attached hydrogen (secondary N) is 3. The molecular weight excluding hydrogens is 836 g/mol. The summed E-state index contributed by atoms with van der Waals surface area (Å²) in [4.78, 5) is 71.0. The van der Waals surface area contributed by atoms with E-state index < -0.39 is 47.7 Å². The number of carbonyl (C=O) groups is 4. The van der Waals surface area contributed by atoms with E-state index in [9.17, 15) is 29.5 Å². The van der Waals surface area contributed by atoms with Crippen LogP contribution in [0.3, 0.4) is 0 Å². The van der Waals surface area contributed by atoms with Gasteiger partial charge in [0.1, 0.15) is 35.9 Å². The normalized spacial score (nSPS) is 22.6. The molecule has 2 saturated heterocycles. The Hall–Kier alpha value is -6.29. The van der Waals surface area contributed by atoms with Gasteiger partial charge in [0.05, 0.1) is 34.1 Å². The lowest BCUT2D eigenvalue weighted by Crippen LogP contribution is -2.53. The SMILES string of the molecule is N#Cc1ccc(N2CCc3c(ncnc3Nc3ccc(C(=O)N[C@H]4CC[C@H](CN5CCN(c6cc7c(cc6F)C(O)N(C6CCC(=O)NC6=O)C7=O)CC5)CC4)c(F)n3)C2)cc1Cl. The van der Waals surface area contributed by atoms with E-state index >= 15 is 8.78 Å². The number of imide groups is 1. The van der Waals surface area contributed by atoms with Gasteiger partial charge in [-0.1, -0.05) is 11.6 Å². The minimum Gasteiger partial charge on any atom is -0.369 e. The number of aliphatic hydroxyl groups is 1. The Balaban J connectivity index is 0.737. The zero-order valence-corrected chi connectivity index (χ0v) is 34.9. The number of nitrogens with zero attached hydrogens (tertiary/aromatic N) is 8. The molecule has 0 radical (unpaired) electrons. The molecule has 9 rings (SSSR count). The average Bonchev–Trinajstić information content (AvgIpc) is 3.51. The van der Waals surface area contributed by atoms with Crippen LogP contribution >= 0.6 is 11.6 Å². The third-order valence-corrected chi connectivity index (χ3v) is 13.2. The molecule has 0 spiro atoms. The van der Waals surface area contributed by atoms with Gasteiger partial charge in [0.2, 0.25) is 17.8 Å². The number of aromatic nitrogens is 3. The van der Waals surface area contributed by atoms with Crippen LogP contribution in [0.25, 0.3) is 0 Å². The van der Waals surface area contributed by atoms with Crippen molar-refractivity contribution < 1.29 is 33.1 Å². The van der Waals surface area contributed by atoms with Crippen LogP contribution in [0.5, 0.6) is 0 Å². The summed E-state index contributed by atoms with van der Waals surface area (Å²) < 4.78 is 30.8. The molecule has 1 aliphatic carbocycles. The van der Waals surface area contributed by atoms with Crippen LogP contribution in [0.15, 0.2) is 48.8 Å². The van der Waals surface area contributed by atoms with Crippen LogP contribution in [0, 0.1) is 29.0 Å². The molecule has 1 saturated carbocycles. The van der Waals surface area contributed by atoms with Gasteiger partial charge in [0.25, 0.3) is 11.8 Å². The van der Waals surface area contributed by atoms with Crippen molar-refractivity contribution in [2.24, 2.45) is 5.92 Å². The van der Waals surface area contributed by atoms with Gasteiger partial charge in [0.15, 0.2) is 6.23 Å². The summed E-state index contributed by atoms with van der Waals surface area (Å²) in [7, 11) is 0. The monoisotopic (exact) mass is 879 g/mol. The first-order chi connectivity index (χ1) is 30.4. The second kappa shape index (κ2) is 17.5. The van der Waals surface area contributed by atoms with Gasteiger partial charge >= 0.3 is 0 Å². The molecule has 326 valence electrons. The molecule has 5 aliphatic rings. The first-order valence-electron chi connectivity index (χ1n) is 21.1. The third-order valence-electron chi connectivity index (χ3n) is 12.9. The van der Waals surface area contributed by atoms with E-state index in [1.54, 1.807) is 18.2 Å². The number of benzene rings is 2. The van der Waals surface area contributed by atoms with Crippen molar-refractivity contribution in [3.05, 3.63) is 99.1 Å². The Kier molecular flexibility index (Phi) is 11.7. The highest BCUT2D eigenvalue weighted by Gasteiger charge is 2.45. The van der Waals surface area contributed by atoms with E-state index in [0.29, 0.717) is 68.0 Å². The molecule has 2 aromatic carbocycles. The van der Waals surface area contributed by atoms with E-state index in [2.05, 4.69) is 46.8 Å². The van der Waals surface area contributed by atoms with E-state index in [1.165, 1.54) is 24.5 Å². The maximum Gasteiger partial charge on any atom is 0.257 e. The molecule has 4 N–H and O–H groups in total. The Labute approximate surface area is 366 Å². The standard InChI is InChI=1S/C44H44ClF2N11O5/c45-32-17-27(6-3-25(32)20-48)57-12-11-28-34(22-57)49-23-50-40(28)53-37-9-7-29(39(47)52-37)41(60)51-26-4-1-24(2-5-26)21-55-13-15-56(16-14-55)36-19-31-30(18-33(36)46)43(62)58(44(31)63)35-8-10-38(59)54-42(35)61/h3,6-7,9,17-19,23-24,26,35,43,62H,1-2,4-5,8,10-16,21-22H2,(H,51,60)(H,54,59,61)(H,49,50,52,53)/t24-,26-,35?,43?. The number of fused-ring (bicyclic) bond motifs is 2. The number of pyridine rings is 1. The molecule has 19 heteroatoms. The zero-order chi connectivity index (χ0) is 43.9. The fraction of sp³-hybridized carbons (Fsp3) is 0.409. The smallest absolute Gasteiger partial charge is 0.257 e. The number of carbonyl (C=O) groups excluding carboxylic acids is 4. The van der Waals surface area contributed by atoms with Crippen molar-refractivity contribution in [2.75, 3.05) is 54.4 Å². The lowest BCUT2D eigenvalue weighted by atomic mass is 9.85. The highest BCUT2D eigenvalue weighted by atomic mass is 35.5. The molecule has 16 nitrogen and oxygen atoms in total. The number of nitriles is 1. The fourth-order valence-corrected chi connectivity index (χ4v) is 9.65. The Morgan fingerprint density at radius 2 is 1.75 bits per heavy atom. The maximum absolute atomic E-state index is 15.5. The number of anilines is 4. The van der Waals surface area contributed by atoms with Crippen molar-refractivity contribution in [1.82, 2.24) is 35.4 Å². The first-order valence-corrected chi connectivity index (χ1v) is 21.5. The van der Waals surface area contributed by atoms with Crippen LogP contribution in [0.2, 0.25) is 5.02 Å². The molecule has 4 amide bonds. The Bertz CT molecular complexity index is 2540. The van der Waals surface area contributed by atoms with Gasteiger partial charge in [-0.3, -0.25) is 34.3 Å². The second-order valence-corrected chi connectivity index (χ2v) is 17.1. The van der Waals surface area contributed by atoms with Gasteiger partial charge in [-0.25, -0.2) is 19.3 Å². The van der Waals surface area contributed by atoms with Gasteiger partial charge in [-0.05, 0) is 86.9 Å². The van der Waals surface area contributed by atoms with E-state index in [-0.39, 0.29) is 47.1 Å². The Morgan fingerprint density at radius 3 is 2.48 bits per heavy atom. The number of hydrogen-bond acceptors (Lipinski definition) is 13. The largest absolute Gasteiger partial charge is 0.369 e. The van der Waals surface area contributed by atoms with Crippen molar-refractivity contribution in [2.45, 2.75) is 69.8 Å². The number of amides is 4. The molecule has 4 aliphatic heterocycles. The molecule has 6 heterocycles. The van der Waals surface area contributed by atoms with Gasteiger partial charge in [-0.2, -0.15) is 9.65 Å². The minimum absolute atomic E-state index is 0.0379. The van der Waals surface area contributed by atoms with E-state index in [0.717, 1.165) is 54.1 Å². The van der Waals surface area contributed by atoms with Crippen LogP contribution in [-0.4, -0.2) is 105 Å². The van der Waals surface area contributed by atoms with Crippen molar-refractivity contribution >= 4 is 58.2 Å². The molecule has 63 heavy (non-hydrogen) atoms. The molecule has 0 bridgehead atoms. The molecule has 2 aromatic heterocycles. The number of aliphatic hydroxyl groups excluding tert-OH is 1. The van der Waals surface area contributed by atoms with E-state index in [4.69, 9.17) is 11.6 Å². The van der Waals surface area contributed by atoms with Crippen LogP contribution in [0.4, 0.5) is 31.8 Å². The number of hydrogen-bond donors (Lipinski definition) is 4. The topological polar surface area (TPSA) is 200 Å². The molecule has 4 aromatic rings. The lowest BCUT2D eigenvalue weighted by molar-refractivity contribution is -0.139. The quantitative estimate of drug-likeness (QED) is 0.137. The van der Waals surface area contributed by atoms with Crippen LogP contribution in [-0.2, 0) is 22.6 Å². The molecule has 2 unspecified atom stereocenters. The summed E-state index contributed by atoms with van der Waals surface area (Å²) >= 11 is 6.27. The third kappa shape index (κ3) is 8.47. The number of piperidine rings is 1. The van der Waals surface area contributed by atoms with Gasteiger partial charge in [0, 0.05) is 74.1 Å². The Morgan fingerprint density at radius 1 is 0.952 bits per heavy atom. The van der Waals surface area contributed by atoms with E-state index in [1.807, 2.05) is 11.0 Å². The minimum atomic E-state index is -1.49. The number of rotatable bonds is 9. The van der Waals surface area contributed by atoms with Crippen LogP contribution in [0.1, 0.15) is 87.9 Å². The predicted molar refractivity (Wildman–Crippen MR) is 226 cm³/mol. The summed E-state index contributed by atoms with van der Waals surface area (Å²) in [6.07, 6.45) is 3.91. The lowest BCUT2D eigenvalue weighted by Gasteiger charge is -2.39. The maximum atomic E-state index is 15.5. The summed E-state index contributed by atoms with van der Waals surface area (Å²) in [6, 6.07) is 11.8. The highest BCUT2D eigenvalue weighted by Crippen LogP contribution is 2.39. The summed E-state index contributed by atoms with van der Waals surface area (Å²) in [6.45, 7) is 4.39. The van der Waals surface area contributed by atoms with Gasteiger partial charge in [-0.15, -0.1) is 0 Å². The van der Waals surface area contributed by atoms with Crippen molar-refractivity contribution in [3.8, 4) is 6.07 Å². The van der Waals surface area contributed by atoms with Crippen molar-refractivity contribution in [3.63, 3.8) is 0 Å². The highest BCUT2D eigenvalue weighted by molar-refractivity contribution is 6.32. The van der Waals surface area contributed by atoms with Gasteiger partial charge < -0.3 is 25.5 Å². The molecule has 3 fully saturated rings. The van der Waals surface area contributed by atoms with Crippen LogP contribution < -0.4 is 25.8 Å².